The lowest BCUT2D eigenvalue weighted by atomic mass is 9.79. The predicted octanol–water partition coefficient (Wildman–Crippen LogP) is 1.97. The van der Waals surface area contributed by atoms with Gasteiger partial charge in [0.1, 0.15) is 0 Å². The van der Waals surface area contributed by atoms with Crippen LogP contribution < -0.4 is 4.74 Å². The molecule has 2 aromatic rings. The van der Waals surface area contributed by atoms with Crippen molar-refractivity contribution < 1.29 is 9.47 Å². The van der Waals surface area contributed by atoms with Crippen LogP contribution in [-0.4, -0.2) is 56.6 Å². The third-order valence-electron chi connectivity index (χ3n) is 5.42. The number of hydrogen-bond donors (Lipinski definition) is 0. The molecule has 0 amide bonds. The first-order valence-electron chi connectivity index (χ1n) is 9.37. The van der Waals surface area contributed by atoms with E-state index in [1.165, 1.54) is 5.69 Å². The molecule has 0 unspecified atom stereocenters. The van der Waals surface area contributed by atoms with Crippen LogP contribution in [0.15, 0.2) is 24.7 Å². The average molecular weight is 357 g/mol. The van der Waals surface area contributed by atoms with Gasteiger partial charge in [-0.05, 0) is 38.2 Å². The Hall–Kier alpha value is -1.99. The van der Waals surface area contributed by atoms with Gasteiger partial charge in [0.2, 0.25) is 5.88 Å². The molecule has 2 saturated heterocycles. The fourth-order valence-corrected chi connectivity index (χ4v) is 4.21. The van der Waals surface area contributed by atoms with Gasteiger partial charge >= 0.3 is 0 Å². The van der Waals surface area contributed by atoms with Crippen molar-refractivity contribution >= 4 is 0 Å². The van der Waals surface area contributed by atoms with Crippen molar-refractivity contribution in [3.05, 3.63) is 36.0 Å². The molecule has 140 valence electrons. The number of likely N-dealkylation sites (tertiary alicyclic amines) is 1. The quantitative estimate of drug-likeness (QED) is 0.787. The van der Waals surface area contributed by atoms with Gasteiger partial charge in [0, 0.05) is 45.7 Å². The molecule has 26 heavy (non-hydrogen) atoms. The number of aryl methyl sites for hydroxylation is 2. The van der Waals surface area contributed by atoms with Gasteiger partial charge in [-0.1, -0.05) is 0 Å². The van der Waals surface area contributed by atoms with E-state index in [1.807, 2.05) is 18.7 Å². The minimum absolute atomic E-state index is 0.0447. The van der Waals surface area contributed by atoms with Crippen LogP contribution in [-0.2, 0) is 18.3 Å². The molecular weight excluding hydrogens is 330 g/mol. The third kappa shape index (κ3) is 3.88. The zero-order valence-electron chi connectivity index (χ0n) is 15.6. The Labute approximate surface area is 154 Å². The topological polar surface area (TPSA) is 65.3 Å². The van der Waals surface area contributed by atoms with Gasteiger partial charge in [-0.2, -0.15) is 5.10 Å². The summed E-state index contributed by atoms with van der Waals surface area (Å²) >= 11 is 0. The summed E-state index contributed by atoms with van der Waals surface area (Å²) in [5.41, 5.74) is 2.39. The molecule has 1 atom stereocenters. The molecular formula is C19H27N5O2. The highest BCUT2D eigenvalue weighted by Crippen LogP contribution is 2.38. The highest BCUT2D eigenvalue weighted by Gasteiger charge is 2.47. The van der Waals surface area contributed by atoms with Gasteiger partial charge in [-0.15, -0.1) is 0 Å². The normalized spacial score (nSPS) is 22.3. The van der Waals surface area contributed by atoms with Gasteiger partial charge in [-0.3, -0.25) is 14.6 Å². The summed E-state index contributed by atoms with van der Waals surface area (Å²) in [5.74, 6) is 1.26. The lowest BCUT2D eigenvalue weighted by molar-refractivity contribution is -0.182. The molecule has 4 rings (SSSR count). The number of nitrogens with zero attached hydrogens (tertiary/aromatic N) is 5. The second kappa shape index (κ2) is 7.32. The first-order chi connectivity index (χ1) is 12.6. The zero-order chi connectivity index (χ0) is 18.0. The molecule has 0 bridgehead atoms. The van der Waals surface area contributed by atoms with Crippen LogP contribution in [0.2, 0.25) is 0 Å². The standard InChI is InChI=1S/C19H27N5O2/c1-15-9-17(23(2)22-15)12-24-13-19(14-24)10-16(4-8-26-19)3-7-25-18-11-20-5-6-21-18/h5-6,9,11,16H,3-4,7-8,10,12-14H2,1-2H3/t16-/m0/s1. The second-order valence-corrected chi connectivity index (χ2v) is 7.62. The summed E-state index contributed by atoms with van der Waals surface area (Å²) in [5, 5.41) is 4.43. The van der Waals surface area contributed by atoms with Crippen molar-refractivity contribution in [2.24, 2.45) is 13.0 Å². The minimum Gasteiger partial charge on any atom is -0.477 e. The van der Waals surface area contributed by atoms with Gasteiger partial charge < -0.3 is 9.47 Å². The van der Waals surface area contributed by atoms with Crippen LogP contribution in [0.25, 0.3) is 0 Å². The molecule has 7 heteroatoms. The summed E-state index contributed by atoms with van der Waals surface area (Å²) < 4.78 is 13.9. The second-order valence-electron chi connectivity index (χ2n) is 7.62. The largest absolute Gasteiger partial charge is 0.477 e. The van der Waals surface area contributed by atoms with Gasteiger partial charge in [0.25, 0.3) is 0 Å². The number of aromatic nitrogens is 4. The van der Waals surface area contributed by atoms with Crippen LogP contribution in [0.5, 0.6) is 5.88 Å². The summed E-state index contributed by atoms with van der Waals surface area (Å²) in [6.07, 6.45) is 8.26. The molecule has 0 aromatic carbocycles. The van der Waals surface area contributed by atoms with Crippen LogP contribution in [0.1, 0.15) is 30.7 Å². The Morgan fingerprint density at radius 2 is 2.23 bits per heavy atom. The molecule has 2 fully saturated rings. The SMILES string of the molecule is Cc1cc(CN2CC3(C[C@@H](CCOc4cnccn4)CCO3)C2)n(C)n1. The summed E-state index contributed by atoms with van der Waals surface area (Å²) in [6, 6.07) is 2.17. The molecule has 2 aromatic heterocycles. The van der Waals surface area contributed by atoms with Crippen LogP contribution >= 0.6 is 0 Å². The summed E-state index contributed by atoms with van der Waals surface area (Å²) in [7, 11) is 2.02. The zero-order valence-corrected chi connectivity index (χ0v) is 15.6. The predicted molar refractivity (Wildman–Crippen MR) is 96.8 cm³/mol. The number of rotatable bonds is 6. The molecule has 0 N–H and O–H groups in total. The van der Waals surface area contributed by atoms with Crippen molar-refractivity contribution in [3.63, 3.8) is 0 Å². The Morgan fingerprint density at radius 3 is 2.96 bits per heavy atom. The van der Waals surface area contributed by atoms with Crippen molar-refractivity contribution in [3.8, 4) is 5.88 Å². The smallest absolute Gasteiger partial charge is 0.232 e. The van der Waals surface area contributed by atoms with Gasteiger partial charge in [0.15, 0.2) is 0 Å². The van der Waals surface area contributed by atoms with E-state index in [2.05, 4.69) is 26.0 Å². The first-order valence-corrected chi connectivity index (χ1v) is 9.37. The molecule has 0 aliphatic carbocycles. The lowest BCUT2D eigenvalue weighted by Gasteiger charge is -2.53. The first kappa shape index (κ1) is 17.4. The maximum atomic E-state index is 6.17. The molecule has 2 aliphatic heterocycles. The number of hydrogen-bond acceptors (Lipinski definition) is 6. The van der Waals surface area contributed by atoms with Crippen LogP contribution in [0.4, 0.5) is 0 Å². The summed E-state index contributed by atoms with van der Waals surface area (Å²) in [4.78, 5) is 10.6. The average Bonchev–Trinajstić information content (AvgIpc) is 2.92. The van der Waals surface area contributed by atoms with E-state index in [-0.39, 0.29) is 5.60 Å². The van der Waals surface area contributed by atoms with E-state index in [4.69, 9.17) is 9.47 Å². The van der Waals surface area contributed by atoms with Crippen molar-refractivity contribution in [1.82, 2.24) is 24.6 Å². The molecule has 2 aliphatic rings. The molecule has 0 radical (unpaired) electrons. The molecule has 7 nitrogen and oxygen atoms in total. The van der Waals surface area contributed by atoms with Crippen LogP contribution in [0.3, 0.4) is 0 Å². The third-order valence-corrected chi connectivity index (χ3v) is 5.42. The monoisotopic (exact) mass is 357 g/mol. The molecule has 0 saturated carbocycles. The fourth-order valence-electron chi connectivity index (χ4n) is 4.21. The molecule has 4 heterocycles. The van der Waals surface area contributed by atoms with E-state index in [0.29, 0.717) is 18.4 Å². The lowest BCUT2D eigenvalue weighted by Crippen LogP contribution is -2.64. The van der Waals surface area contributed by atoms with Gasteiger partial charge in [-0.25, -0.2) is 4.98 Å². The highest BCUT2D eigenvalue weighted by atomic mass is 16.5. The Balaban J connectivity index is 1.23. The molecule has 1 spiro atoms. The van der Waals surface area contributed by atoms with Crippen molar-refractivity contribution in [2.75, 3.05) is 26.3 Å². The highest BCUT2D eigenvalue weighted by molar-refractivity contribution is 5.11. The Bertz CT molecular complexity index is 727. The van der Waals surface area contributed by atoms with E-state index in [1.54, 1.807) is 18.6 Å². The van der Waals surface area contributed by atoms with E-state index < -0.39 is 0 Å². The Morgan fingerprint density at radius 1 is 1.35 bits per heavy atom. The maximum absolute atomic E-state index is 6.17. The maximum Gasteiger partial charge on any atom is 0.232 e. The Kier molecular flexibility index (Phi) is 4.91. The van der Waals surface area contributed by atoms with E-state index in [0.717, 1.165) is 51.2 Å². The van der Waals surface area contributed by atoms with E-state index >= 15 is 0 Å². The van der Waals surface area contributed by atoms with Crippen molar-refractivity contribution in [2.45, 2.75) is 38.3 Å². The van der Waals surface area contributed by atoms with E-state index in [9.17, 15) is 0 Å². The van der Waals surface area contributed by atoms with Crippen LogP contribution in [0, 0.1) is 12.8 Å². The van der Waals surface area contributed by atoms with Crippen molar-refractivity contribution in [1.29, 1.82) is 0 Å². The number of ether oxygens (including phenoxy) is 2. The minimum atomic E-state index is 0.0447. The van der Waals surface area contributed by atoms with Gasteiger partial charge in [0.05, 0.1) is 29.8 Å². The summed E-state index contributed by atoms with van der Waals surface area (Å²) in [6.45, 7) is 6.56. The fraction of sp³-hybridized carbons (Fsp3) is 0.632.